The van der Waals surface area contributed by atoms with Crippen molar-refractivity contribution in [1.82, 2.24) is 5.32 Å². The van der Waals surface area contributed by atoms with Crippen molar-refractivity contribution in [3.8, 4) is 0 Å². The van der Waals surface area contributed by atoms with E-state index in [0.29, 0.717) is 0 Å². The number of alkyl carbamates (subject to hydrolysis) is 1. The van der Waals surface area contributed by atoms with Gasteiger partial charge in [-0.15, -0.1) is 0 Å². The highest BCUT2D eigenvalue weighted by Gasteiger charge is 2.48. The summed E-state index contributed by atoms with van der Waals surface area (Å²) in [5.41, 5.74) is -0.760. The Labute approximate surface area is 159 Å². The summed E-state index contributed by atoms with van der Waals surface area (Å²) in [6.07, 6.45) is -2.04. The molecule has 0 bridgehead atoms. The highest BCUT2D eigenvalue weighted by molar-refractivity contribution is 5.76. The van der Waals surface area contributed by atoms with Crippen LogP contribution in [0.1, 0.15) is 54.4 Å². The highest BCUT2D eigenvalue weighted by Crippen LogP contribution is 2.31. The van der Waals surface area contributed by atoms with Gasteiger partial charge in [-0.3, -0.25) is 14.4 Å². The number of esters is 3. The highest BCUT2D eigenvalue weighted by atomic mass is 16.6. The molecule has 1 N–H and O–H groups in total. The van der Waals surface area contributed by atoms with Crippen LogP contribution >= 0.6 is 0 Å². The summed E-state index contributed by atoms with van der Waals surface area (Å²) in [4.78, 5) is 47.6. The Kier molecular flexibility index (Phi) is 8.05. The SMILES string of the molecule is CCOC(=O)[C@H]1CC[C@@H](OC(C)=O)[C@@H](OC(C)=O)[C@@H]1NC(=O)OC(C)(C)C. The fraction of sp³-hybridized carbons (Fsp3) is 0.778. The van der Waals surface area contributed by atoms with E-state index in [1.807, 2.05) is 0 Å². The molecule has 0 spiro atoms. The molecule has 0 aliphatic heterocycles. The minimum atomic E-state index is -1.04. The minimum absolute atomic E-state index is 0.167. The number of rotatable bonds is 5. The average molecular weight is 387 g/mol. The van der Waals surface area contributed by atoms with E-state index in [1.54, 1.807) is 27.7 Å². The van der Waals surface area contributed by atoms with Crippen LogP contribution in [0, 0.1) is 5.92 Å². The molecule has 4 atom stereocenters. The summed E-state index contributed by atoms with van der Waals surface area (Å²) in [5, 5.41) is 2.59. The van der Waals surface area contributed by atoms with Crippen LogP contribution in [-0.2, 0) is 33.3 Å². The molecule has 1 aliphatic rings. The van der Waals surface area contributed by atoms with Crippen LogP contribution in [0.15, 0.2) is 0 Å². The van der Waals surface area contributed by atoms with Crippen LogP contribution in [-0.4, -0.2) is 54.5 Å². The predicted octanol–water partition coefficient (Wildman–Crippen LogP) is 1.72. The van der Waals surface area contributed by atoms with Gasteiger partial charge < -0.3 is 24.3 Å². The molecule has 1 saturated carbocycles. The first-order valence-electron chi connectivity index (χ1n) is 8.95. The minimum Gasteiger partial charge on any atom is -0.466 e. The fourth-order valence-electron chi connectivity index (χ4n) is 2.97. The molecular formula is C18H29NO8. The number of hydrogen-bond donors (Lipinski definition) is 1. The fourth-order valence-corrected chi connectivity index (χ4v) is 2.97. The number of carbonyl (C=O) groups is 4. The van der Waals surface area contributed by atoms with Gasteiger partial charge in [-0.1, -0.05) is 0 Å². The first kappa shape index (κ1) is 22.7. The second-order valence-electron chi connectivity index (χ2n) is 7.33. The van der Waals surface area contributed by atoms with Crippen molar-refractivity contribution in [2.24, 2.45) is 5.92 Å². The molecule has 0 unspecified atom stereocenters. The first-order valence-corrected chi connectivity index (χ1v) is 8.95. The molecule has 0 saturated heterocycles. The van der Waals surface area contributed by atoms with Crippen molar-refractivity contribution in [2.75, 3.05) is 6.61 Å². The van der Waals surface area contributed by atoms with Gasteiger partial charge >= 0.3 is 24.0 Å². The summed E-state index contributed by atoms with van der Waals surface area (Å²) < 4.78 is 20.9. The summed E-state index contributed by atoms with van der Waals surface area (Å²) >= 11 is 0. The van der Waals surface area contributed by atoms with Gasteiger partial charge in [0.15, 0.2) is 6.10 Å². The van der Waals surface area contributed by atoms with Gasteiger partial charge in [0, 0.05) is 13.8 Å². The van der Waals surface area contributed by atoms with Crippen molar-refractivity contribution in [1.29, 1.82) is 0 Å². The third kappa shape index (κ3) is 7.44. The van der Waals surface area contributed by atoms with Crippen molar-refractivity contribution in [3.05, 3.63) is 0 Å². The van der Waals surface area contributed by atoms with Gasteiger partial charge in [0.05, 0.1) is 18.6 Å². The maximum Gasteiger partial charge on any atom is 0.408 e. The van der Waals surface area contributed by atoms with E-state index < -0.39 is 53.8 Å². The van der Waals surface area contributed by atoms with E-state index in [2.05, 4.69) is 5.32 Å². The molecule has 0 aromatic carbocycles. The average Bonchev–Trinajstić information content (AvgIpc) is 2.47. The van der Waals surface area contributed by atoms with Crippen LogP contribution in [0.4, 0.5) is 4.79 Å². The molecule has 9 nitrogen and oxygen atoms in total. The molecule has 1 aliphatic carbocycles. The topological polar surface area (TPSA) is 117 Å². The Morgan fingerprint density at radius 2 is 1.59 bits per heavy atom. The standard InChI is InChI=1S/C18H29NO8/c1-7-24-16(22)12-8-9-13(25-10(2)20)15(26-11(3)21)14(12)19-17(23)27-18(4,5)6/h12-15H,7-9H2,1-6H3,(H,19,23)/t12-,13+,14+,15+/m0/s1. The first-order chi connectivity index (χ1) is 12.4. The molecule has 1 rings (SSSR count). The Balaban J connectivity index is 3.15. The Morgan fingerprint density at radius 1 is 1.00 bits per heavy atom. The normalized spacial score (nSPS) is 25.1. The molecule has 0 aromatic rings. The second kappa shape index (κ2) is 9.57. The van der Waals surface area contributed by atoms with E-state index in [9.17, 15) is 19.2 Å². The lowest BCUT2D eigenvalue weighted by Gasteiger charge is -2.40. The van der Waals surface area contributed by atoms with Gasteiger partial charge in [-0.2, -0.15) is 0 Å². The number of carbonyl (C=O) groups excluding carboxylic acids is 4. The maximum absolute atomic E-state index is 12.4. The Morgan fingerprint density at radius 3 is 2.07 bits per heavy atom. The Hall–Kier alpha value is -2.32. The van der Waals surface area contributed by atoms with Gasteiger partial charge in [0.25, 0.3) is 0 Å². The quantitative estimate of drug-likeness (QED) is 0.560. The molecule has 27 heavy (non-hydrogen) atoms. The molecule has 154 valence electrons. The van der Waals surface area contributed by atoms with Crippen LogP contribution in [0.2, 0.25) is 0 Å². The van der Waals surface area contributed by atoms with E-state index in [-0.39, 0.29) is 19.4 Å². The van der Waals surface area contributed by atoms with E-state index in [0.717, 1.165) is 0 Å². The number of ether oxygens (including phenoxy) is 4. The second-order valence-corrected chi connectivity index (χ2v) is 7.33. The molecule has 0 radical (unpaired) electrons. The zero-order valence-electron chi connectivity index (χ0n) is 16.7. The smallest absolute Gasteiger partial charge is 0.408 e. The lowest BCUT2D eigenvalue weighted by molar-refractivity contribution is -0.178. The van der Waals surface area contributed by atoms with E-state index in [1.165, 1.54) is 13.8 Å². The van der Waals surface area contributed by atoms with Gasteiger partial charge in [-0.25, -0.2) is 4.79 Å². The largest absolute Gasteiger partial charge is 0.466 e. The molecule has 0 heterocycles. The number of amides is 1. The lowest BCUT2D eigenvalue weighted by Crippen LogP contribution is -2.60. The van der Waals surface area contributed by atoms with E-state index in [4.69, 9.17) is 18.9 Å². The molecule has 1 fully saturated rings. The zero-order valence-corrected chi connectivity index (χ0v) is 16.7. The molecule has 0 aromatic heterocycles. The molecular weight excluding hydrogens is 358 g/mol. The predicted molar refractivity (Wildman–Crippen MR) is 93.6 cm³/mol. The number of nitrogens with one attached hydrogen (secondary N) is 1. The van der Waals surface area contributed by atoms with Crippen LogP contribution < -0.4 is 5.32 Å². The van der Waals surface area contributed by atoms with Gasteiger partial charge in [-0.05, 0) is 40.5 Å². The molecule has 1 amide bonds. The molecule has 9 heteroatoms. The van der Waals surface area contributed by atoms with Crippen molar-refractivity contribution in [3.63, 3.8) is 0 Å². The van der Waals surface area contributed by atoms with Gasteiger partial charge in [0.2, 0.25) is 0 Å². The summed E-state index contributed by atoms with van der Waals surface area (Å²) in [6.45, 7) is 9.36. The third-order valence-electron chi connectivity index (χ3n) is 3.81. The van der Waals surface area contributed by atoms with Crippen LogP contribution in [0.5, 0.6) is 0 Å². The monoisotopic (exact) mass is 387 g/mol. The summed E-state index contributed by atoms with van der Waals surface area (Å²) in [5.74, 6) is -2.48. The number of hydrogen-bond acceptors (Lipinski definition) is 8. The Bertz CT molecular complexity index is 568. The van der Waals surface area contributed by atoms with Crippen LogP contribution in [0.3, 0.4) is 0 Å². The lowest BCUT2D eigenvalue weighted by atomic mass is 9.80. The van der Waals surface area contributed by atoms with Crippen molar-refractivity contribution < 1.29 is 38.1 Å². The third-order valence-corrected chi connectivity index (χ3v) is 3.81. The van der Waals surface area contributed by atoms with Crippen molar-refractivity contribution in [2.45, 2.75) is 78.2 Å². The van der Waals surface area contributed by atoms with Crippen LogP contribution in [0.25, 0.3) is 0 Å². The maximum atomic E-state index is 12.4. The summed E-state index contributed by atoms with van der Waals surface area (Å²) in [6, 6.07) is -0.957. The summed E-state index contributed by atoms with van der Waals surface area (Å²) in [7, 11) is 0. The zero-order chi connectivity index (χ0) is 20.8. The van der Waals surface area contributed by atoms with Crippen molar-refractivity contribution >= 4 is 24.0 Å². The van der Waals surface area contributed by atoms with Gasteiger partial charge in [0.1, 0.15) is 11.7 Å². The van der Waals surface area contributed by atoms with E-state index >= 15 is 0 Å².